The Morgan fingerprint density at radius 2 is 1.03 bits per heavy atom. The molecule has 0 N–H and O–H groups in total. The molecule has 0 spiro atoms. The summed E-state index contributed by atoms with van der Waals surface area (Å²) in [5.74, 6) is 0.932. The Balaban J connectivity index is 1.97. The molecule has 0 aromatic heterocycles. The van der Waals surface area contributed by atoms with Crippen LogP contribution in [0.3, 0.4) is 0 Å². The average Bonchev–Trinajstić information content (AvgIpc) is 2.76. The SMILES string of the molecule is CCCCCCCCCCCCCCCCCCO[Si](C)(C)O[Si](C)(C)Oc1ccccc1C. The van der Waals surface area contributed by atoms with Crippen LogP contribution in [0.25, 0.3) is 0 Å². The molecule has 0 fully saturated rings. The molecule has 0 saturated carbocycles. The van der Waals surface area contributed by atoms with Crippen LogP contribution in [0.15, 0.2) is 24.3 Å². The van der Waals surface area contributed by atoms with E-state index in [4.69, 9.17) is 13.0 Å². The van der Waals surface area contributed by atoms with Crippen molar-refractivity contribution in [2.24, 2.45) is 0 Å². The summed E-state index contributed by atoms with van der Waals surface area (Å²) in [5.41, 5.74) is 1.15. The summed E-state index contributed by atoms with van der Waals surface area (Å²) in [6.45, 7) is 13.7. The molecule has 0 heterocycles. The minimum atomic E-state index is -2.29. The molecule has 198 valence electrons. The van der Waals surface area contributed by atoms with Gasteiger partial charge in [0.1, 0.15) is 5.75 Å². The lowest BCUT2D eigenvalue weighted by Crippen LogP contribution is -2.50. The van der Waals surface area contributed by atoms with E-state index in [2.05, 4.69) is 46.1 Å². The molecule has 0 bridgehead atoms. The van der Waals surface area contributed by atoms with E-state index in [1.807, 2.05) is 18.2 Å². The third-order valence-electron chi connectivity index (χ3n) is 6.39. The van der Waals surface area contributed by atoms with Gasteiger partial charge >= 0.3 is 17.1 Å². The minimum absolute atomic E-state index is 0.812. The van der Waals surface area contributed by atoms with Crippen LogP contribution in [-0.2, 0) is 8.54 Å². The Morgan fingerprint density at radius 1 is 0.588 bits per heavy atom. The fourth-order valence-corrected chi connectivity index (χ4v) is 11.1. The summed E-state index contributed by atoms with van der Waals surface area (Å²) in [6, 6.07) is 8.16. The van der Waals surface area contributed by atoms with E-state index in [9.17, 15) is 0 Å². The molecule has 0 radical (unpaired) electrons. The largest absolute Gasteiger partial charge is 0.521 e. The molecular formula is C29H56O3Si2. The second-order valence-corrected chi connectivity index (χ2v) is 17.8. The fourth-order valence-electron chi connectivity index (χ4n) is 4.55. The molecular weight excluding hydrogens is 452 g/mol. The highest BCUT2D eigenvalue weighted by atomic mass is 28.5. The molecule has 3 nitrogen and oxygen atoms in total. The summed E-state index contributed by atoms with van der Waals surface area (Å²) in [6.07, 6.45) is 22.3. The molecule has 0 aliphatic carbocycles. The van der Waals surface area contributed by atoms with E-state index in [1.54, 1.807) is 0 Å². The zero-order valence-electron chi connectivity index (χ0n) is 23.6. The van der Waals surface area contributed by atoms with Crippen molar-refractivity contribution in [1.29, 1.82) is 0 Å². The standard InChI is InChI=1S/C29H56O3Si2/c1-7-8-9-10-11-12-13-14-15-16-17-18-19-20-21-24-27-30-33(3,4)32-34(5,6)31-29-26-23-22-25-28(29)2/h22-23,25-26H,7-21,24,27H2,1-6H3. The number of rotatable bonds is 22. The van der Waals surface area contributed by atoms with E-state index >= 15 is 0 Å². The van der Waals surface area contributed by atoms with Crippen LogP contribution in [-0.4, -0.2) is 23.7 Å². The quantitative estimate of drug-likeness (QED) is 0.115. The van der Waals surface area contributed by atoms with E-state index in [0.717, 1.165) is 24.3 Å². The molecule has 0 saturated heterocycles. The average molecular weight is 509 g/mol. The maximum Gasteiger partial charge on any atom is 0.383 e. The smallest absolute Gasteiger partial charge is 0.383 e. The van der Waals surface area contributed by atoms with E-state index in [1.165, 1.54) is 96.3 Å². The van der Waals surface area contributed by atoms with Gasteiger partial charge in [-0.15, -0.1) is 0 Å². The van der Waals surface area contributed by atoms with Gasteiger partial charge in [0.2, 0.25) is 0 Å². The van der Waals surface area contributed by atoms with Crippen LogP contribution in [0, 0.1) is 6.92 Å². The molecule has 0 atom stereocenters. The number of para-hydroxylation sites is 1. The van der Waals surface area contributed by atoms with Gasteiger partial charge in [-0.05, 0) is 51.2 Å². The van der Waals surface area contributed by atoms with Gasteiger partial charge in [-0.25, -0.2) is 0 Å². The Labute approximate surface area is 214 Å². The van der Waals surface area contributed by atoms with Gasteiger partial charge in [0.25, 0.3) is 0 Å². The van der Waals surface area contributed by atoms with Crippen LogP contribution in [0.2, 0.25) is 26.2 Å². The first-order chi connectivity index (χ1) is 16.3. The van der Waals surface area contributed by atoms with Crippen molar-refractivity contribution in [1.82, 2.24) is 0 Å². The molecule has 1 aromatic carbocycles. The lowest BCUT2D eigenvalue weighted by Gasteiger charge is -2.33. The normalized spacial score (nSPS) is 12.3. The molecule has 1 aromatic rings. The molecule has 5 heteroatoms. The molecule has 0 amide bonds. The number of hydrogen-bond acceptors (Lipinski definition) is 3. The highest BCUT2D eigenvalue weighted by Crippen LogP contribution is 2.24. The van der Waals surface area contributed by atoms with Gasteiger partial charge in [-0.2, -0.15) is 0 Å². The van der Waals surface area contributed by atoms with Crippen LogP contribution >= 0.6 is 0 Å². The van der Waals surface area contributed by atoms with Crippen molar-refractivity contribution < 1.29 is 13.0 Å². The monoisotopic (exact) mass is 508 g/mol. The predicted octanol–water partition coefficient (Wildman–Crippen LogP) is 10.1. The Hall–Kier alpha value is -0.626. The van der Waals surface area contributed by atoms with Gasteiger partial charge in [-0.3, -0.25) is 0 Å². The van der Waals surface area contributed by atoms with Gasteiger partial charge < -0.3 is 13.0 Å². The second-order valence-electron chi connectivity index (χ2n) is 10.9. The lowest BCUT2D eigenvalue weighted by molar-refractivity contribution is 0.224. The van der Waals surface area contributed by atoms with Gasteiger partial charge in [0.15, 0.2) is 0 Å². The fraction of sp³-hybridized carbons (Fsp3) is 0.793. The van der Waals surface area contributed by atoms with E-state index in [0.29, 0.717) is 0 Å². The molecule has 34 heavy (non-hydrogen) atoms. The van der Waals surface area contributed by atoms with Crippen molar-refractivity contribution >= 4 is 17.1 Å². The Bertz CT molecular complexity index is 619. The van der Waals surface area contributed by atoms with Gasteiger partial charge in [0, 0.05) is 6.61 Å². The highest BCUT2D eigenvalue weighted by Gasteiger charge is 2.38. The zero-order valence-corrected chi connectivity index (χ0v) is 25.6. The van der Waals surface area contributed by atoms with Crippen LogP contribution in [0.1, 0.15) is 115 Å². The van der Waals surface area contributed by atoms with Crippen molar-refractivity contribution in [2.75, 3.05) is 6.61 Å². The van der Waals surface area contributed by atoms with Crippen molar-refractivity contribution in [3.8, 4) is 5.75 Å². The summed E-state index contributed by atoms with van der Waals surface area (Å²) < 4.78 is 18.9. The lowest BCUT2D eigenvalue weighted by atomic mass is 10.0. The maximum atomic E-state index is 6.45. The first-order valence-corrected chi connectivity index (χ1v) is 20.0. The van der Waals surface area contributed by atoms with Crippen molar-refractivity contribution in [3.05, 3.63) is 29.8 Å². The van der Waals surface area contributed by atoms with Crippen molar-refractivity contribution in [2.45, 2.75) is 143 Å². The summed E-state index contributed by atoms with van der Waals surface area (Å²) >= 11 is 0. The van der Waals surface area contributed by atoms with Crippen LogP contribution < -0.4 is 4.43 Å². The number of aryl methyl sites for hydroxylation is 1. The first kappa shape index (κ1) is 31.4. The third-order valence-corrected chi connectivity index (χ3v) is 11.9. The summed E-state index contributed by atoms with van der Waals surface area (Å²) in [4.78, 5) is 0. The van der Waals surface area contributed by atoms with E-state index < -0.39 is 17.1 Å². The maximum absolute atomic E-state index is 6.45. The molecule has 0 unspecified atom stereocenters. The summed E-state index contributed by atoms with van der Waals surface area (Å²) in [5, 5.41) is 0. The van der Waals surface area contributed by atoms with Gasteiger partial charge in [0.05, 0.1) is 0 Å². The molecule has 0 aliphatic heterocycles. The third kappa shape index (κ3) is 16.9. The molecule has 1 rings (SSSR count). The second kappa shape index (κ2) is 18.6. The highest BCUT2D eigenvalue weighted by molar-refractivity contribution is 6.79. The Morgan fingerprint density at radius 3 is 1.50 bits per heavy atom. The predicted molar refractivity (Wildman–Crippen MR) is 153 cm³/mol. The van der Waals surface area contributed by atoms with Crippen molar-refractivity contribution in [3.63, 3.8) is 0 Å². The number of unbranched alkanes of at least 4 members (excludes halogenated alkanes) is 15. The summed E-state index contributed by atoms with van der Waals surface area (Å²) in [7, 11) is -4.47. The van der Waals surface area contributed by atoms with Gasteiger partial charge in [-0.1, -0.05) is 121 Å². The number of hydrogen-bond donors (Lipinski definition) is 0. The molecule has 0 aliphatic rings. The first-order valence-electron chi connectivity index (χ1n) is 14.3. The minimum Gasteiger partial charge on any atom is -0.521 e. The topological polar surface area (TPSA) is 27.7 Å². The Kier molecular flexibility index (Phi) is 17.2. The number of benzene rings is 1. The van der Waals surface area contributed by atoms with Crippen LogP contribution in [0.4, 0.5) is 0 Å². The van der Waals surface area contributed by atoms with E-state index in [-0.39, 0.29) is 0 Å². The van der Waals surface area contributed by atoms with Crippen LogP contribution in [0.5, 0.6) is 5.75 Å². The zero-order chi connectivity index (χ0) is 25.1.